The first-order valence-electron chi connectivity index (χ1n) is 10.1. The van der Waals surface area contributed by atoms with Gasteiger partial charge < -0.3 is 20.3 Å². The summed E-state index contributed by atoms with van der Waals surface area (Å²) in [6, 6.07) is 5.54. The summed E-state index contributed by atoms with van der Waals surface area (Å²) < 4.78 is 5.60. The molecule has 1 aromatic carbocycles. The smallest absolute Gasteiger partial charge is 0.253 e. The average Bonchev–Trinajstić information content (AvgIpc) is 3.40. The van der Waals surface area contributed by atoms with E-state index in [1.807, 2.05) is 12.1 Å². The summed E-state index contributed by atoms with van der Waals surface area (Å²) in [5.41, 5.74) is 1.42. The number of nitrogens with zero attached hydrogens (tertiary/aromatic N) is 1. The number of hydrogen-bond acceptors (Lipinski definition) is 4. The molecule has 2 aliphatic rings. The van der Waals surface area contributed by atoms with E-state index in [9.17, 15) is 9.59 Å². The monoisotopic (exact) mass is 407 g/mol. The highest BCUT2D eigenvalue weighted by Crippen LogP contribution is 2.29. The number of anilines is 2. The van der Waals surface area contributed by atoms with Crippen molar-refractivity contribution < 1.29 is 14.3 Å². The van der Waals surface area contributed by atoms with Crippen LogP contribution in [0.1, 0.15) is 49.9 Å². The van der Waals surface area contributed by atoms with Gasteiger partial charge in [-0.05, 0) is 57.7 Å². The first-order valence-corrected chi connectivity index (χ1v) is 10.6. The predicted molar refractivity (Wildman–Crippen MR) is 112 cm³/mol. The van der Waals surface area contributed by atoms with E-state index in [-0.39, 0.29) is 23.8 Å². The van der Waals surface area contributed by atoms with Crippen LogP contribution in [0.4, 0.5) is 11.4 Å². The van der Waals surface area contributed by atoms with Crippen molar-refractivity contribution in [1.29, 1.82) is 0 Å². The average molecular weight is 408 g/mol. The minimum absolute atomic E-state index is 0.0894. The fourth-order valence-electron chi connectivity index (χ4n) is 3.50. The molecule has 0 unspecified atom stereocenters. The van der Waals surface area contributed by atoms with Crippen molar-refractivity contribution in [3.05, 3.63) is 23.8 Å². The van der Waals surface area contributed by atoms with Crippen molar-refractivity contribution >= 4 is 34.8 Å². The number of ether oxygens (including phenoxy) is 1. The molecule has 7 heteroatoms. The van der Waals surface area contributed by atoms with Crippen LogP contribution in [0.15, 0.2) is 18.2 Å². The third-order valence-electron chi connectivity index (χ3n) is 5.41. The number of carbonyl (C=O) groups is 2. The van der Waals surface area contributed by atoms with Gasteiger partial charge in [-0.15, -0.1) is 11.6 Å². The number of alkyl halides is 1. The zero-order valence-electron chi connectivity index (χ0n) is 16.7. The molecule has 0 spiro atoms. The van der Waals surface area contributed by atoms with Crippen LogP contribution in [0, 0.1) is 5.41 Å². The molecule has 0 aromatic heterocycles. The minimum atomic E-state index is -0.683. The molecule has 1 aromatic rings. The van der Waals surface area contributed by atoms with E-state index in [0.29, 0.717) is 17.8 Å². The Morgan fingerprint density at radius 3 is 2.64 bits per heavy atom. The second-order valence-corrected chi connectivity index (χ2v) is 8.51. The van der Waals surface area contributed by atoms with Gasteiger partial charge >= 0.3 is 0 Å². The normalized spacial score (nSPS) is 19.7. The Bertz CT molecular complexity index is 711. The first-order chi connectivity index (χ1) is 13.4. The summed E-state index contributed by atoms with van der Waals surface area (Å²) in [5.74, 6) is -0.0772. The number of rotatable bonds is 7. The number of halogens is 1. The lowest BCUT2D eigenvalue weighted by atomic mass is 9.95. The van der Waals surface area contributed by atoms with Gasteiger partial charge in [0.05, 0.1) is 17.1 Å². The second kappa shape index (κ2) is 9.14. The molecule has 28 heavy (non-hydrogen) atoms. The van der Waals surface area contributed by atoms with Gasteiger partial charge in [0.15, 0.2) is 0 Å². The van der Waals surface area contributed by atoms with Gasteiger partial charge in [0.2, 0.25) is 5.91 Å². The number of carbonyl (C=O) groups excluding carboxylic acids is 2. The Balaban J connectivity index is 1.78. The number of hydrogen-bond donors (Lipinski definition) is 2. The van der Waals surface area contributed by atoms with Gasteiger partial charge in [-0.1, -0.05) is 0 Å². The summed E-state index contributed by atoms with van der Waals surface area (Å²) in [7, 11) is 0. The summed E-state index contributed by atoms with van der Waals surface area (Å²) in [4.78, 5) is 27.6. The van der Waals surface area contributed by atoms with Crippen molar-refractivity contribution in [1.82, 2.24) is 5.32 Å². The van der Waals surface area contributed by atoms with Gasteiger partial charge in [-0.25, -0.2) is 0 Å². The van der Waals surface area contributed by atoms with Gasteiger partial charge in [0.25, 0.3) is 5.91 Å². The molecule has 154 valence electrons. The van der Waals surface area contributed by atoms with E-state index in [4.69, 9.17) is 16.3 Å². The van der Waals surface area contributed by atoms with Crippen LogP contribution in [0.2, 0.25) is 0 Å². The number of benzene rings is 1. The Morgan fingerprint density at radius 2 is 2.00 bits per heavy atom. The molecule has 2 aliphatic heterocycles. The highest BCUT2D eigenvalue weighted by molar-refractivity contribution is 6.20. The SMILES string of the molecule is CC(C)(CCl)C(=O)Nc1ccc(N2CCCC2)c(C(=O)NC[C@@H]2CCCO2)c1. The van der Waals surface area contributed by atoms with Gasteiger partial charge in [0, 0.05) is 43.5 Å². The molecule has 2 saturated heterocycles. The molecule has 2 N–H and O–H groups in total. The molecule has 2 heterocycles. The molecular formula is C21H30ClN3O3. The number of amides is 2. The van der Waals surface area contributed by atoms with Gasteiger partial charge in [0.1, 0.15) is 0 Å². The van der Waals surface area contributed by atoms with Gasteiger partial charge in [-0.3, -0.25) is 9.59 Å². The standard InChI is InChI=1S/C21H30ClN3O3/c1-21(2,14-22)20(27)24-15-7-8-18(25-9-3-4-10-25)17(12-15)19(26)23-13-16-6-5-11-28-16/h7-8,12,16H,3-6,9-11,13-14H2,1-2H3,(H,23,26)(H,24,27)/t16-/m0/s1. The maximum Gasteiger partial charge on any atom is 0.253 e. The lowest BCUT2D eigenvalue weighted by Gasteiger charge is -2.24. The van der Waals surface area contributed by atoms with Gasteiger partial charge in [-0.2, -0.15) is 0 Å². The molecular weight excluding hydrogens is 378 g/mol. The Morgan fingerprint density at radius 1 is 1.25 bits per heavy atom. The molecule has 3 rings (SSSR count). The molecule has 1 atom stereocenters. The topological polar surface area (TPSA) is 70.7 Å². The van der Waals surface area contributed by atoms with Crippen LogP contribution in [0.25, 0.3) is 0 Å². The van der Waals surface area contributed by atoms with Crippen molar-refractivity contribution in [3.8, 4) is 0 Å². The largest absolute Gasteiger partial charge is 0.376 e. The molecule has 2 amide bonds. The zero-order chi connectivity index (χ0) is 20.1. The van der Waals surface area contributed by atoms with Crippen LogP contribution in [-0.2, 0) is 9.53 Å². The maximum atomic E-state index is 12.9. The lowest BCUT2D eigenvalue weighted by Crippen LogP contribution is -2.34. The summed E-state index contributed by atoms with van der Waals surface area (Å²) >= 11 is 5.91. The molecule has 0 aliphatic carbocycles. The molecule has 0 saturated carbocycles. The van der Waals surface area contributed by atoms with E-state index in [0.717, 1.165) is 51.1 Å². The highest BCUT2D eigenvalue weighted by Gasteiger charge is 2.27. The van der Waals surface area contributed by atoms with E-state index in [1.54, 1.807) is 19.9 Å². The number of nitrogens with one attached hydrogen (secondary N) is 2. The Hall–Kier alpha value is -1.79. The molecule has 2 fully saturated rings. The molecule has 6 nitrogen and oxygen atoms in total. The second-order valence-electron chi connectivity index (χ2n) is 8.24. The van der Waals surface area contributed by atoms with E-state index in [1.165, 1.54) is 0 Å². The van der Waals surface area contributed by atoms with E-state index < -0.39 is 5.41 Å². The zero-order valence-corrected chi connectivity index (χ0v) is 17.5. The molecule has 0 bridgehead atoms. The fourth-order valence-corrected chi connectivity index (χ4v) is 3.62. The van der Waals surface area contributed by atoms with Crippen LogP contribution in [0.3, 0.4) is 0 Å². The van der Waals surface area contributed by atoms with Crippen molar-refractivity contribution in [2.45, 2.75) is 45.6 Å². The quantitative estimate of drug-likeness (QED) is 0.679. The van der Waals surface area contributed by atoms with E-state index in [2.05, 4.69) is 15.5 Å². The molecule has 0 radical (unpaired) electrons. The Labute approximate surface area is 171 Å². The van der Waals surface area contributed by atoms with E-state index >= 15 is 0 Å². The highest BCUT2D eigenvalue weighted by atomic mass is 35.5. The van der Waals surface area contributed by atoms with Crippen molar-refractivity contribution in [3.63, 3.8) is 0 Å². The third kappa shape index (κ3) is 4.97. The maximum absolute atomic E-state index is 12.9. The Kier molecular flexibility index (Phi) is 6.83. The van der Waals surface area contributed by atoms with Crippen LogP contribution in [-0.4, -0.2) is 50.0 Å². The third-order valence-corrected chi connectivity index (χ3v) is 6.08. The summed E-state index contributed by atoms with van der Waals surface area (Å²) in [6.07, 6.45) is 4.35. The summed E-state index contributed by atoms with van der Waals surface area (Å²) in [5, 5.41) is 5.90. The van der Waals surface area contributed by atoms with Crippen molar-refractivity contribution in [2.75, 3.05) is 42.3 Å². The van der Waals surface area contributed by atoms with Crippen LogP contribution < -0.4 is 15.5 Å². The fraction of sp³-hybridized carbons (Fsp3) is 0.619. The van der Waals surface area contributed by atoms with Crippen molar-refractivity contribution in [2.24, 2.45) is 5.41 Å². The lowest BCUT2D eigenvalue weighted by molar-refractivity contribution is -0.122. The van der Waals surface area contributed by atoms with Crippen LogP contribution >= 0.6 is 11.6 Å². The minimum Gasteiger partial charge on any atom is -0.376 e. The summed E-state index contributed by atoms with van der Waals surface area (Å²) in [6.45, 7) is 6.74. The van der Waals surface area contributed by atoms with Crippen LogP contribution in [0.5, 0.6) is 0 Å². The first kappa shape index (κ1) is 20.9. The predicted octanol–water partition coefficient (Wildman–Crippen LogP) is 3.40.